The summed E-state index contributed by atoms with van der Waals surface area (Å²) in [6.07, 6.45) is 5.30. The third-order valence-corrected chi connectivity index (χ3v) is 3.04. The van der Waals surface area contributed by atoms with Gasteiger partial charge in [0.2, 0.25) is 5.89 Å². The van der Waals surface area contributed by atoms with Gasteiger partial charge >= 0.3 is 0 Å². The molecule has 0 spiro atoms. The predicted molar refractivity (Wildman–Crippen MR) is 73.7 cm³/mol. The SMILES string of the molecule is CC(C)(C)c1cnc2nc(-c3ccncc3)oc2c1. The molecule has 0 amide bonds. The van der Waals surface area contributed by atoms with Crippen molar-refractivity contribution in [2.24, 2.45) is 0 Å². The first kappa shape index (κ1) is 11.8. The third kappa shape index (κ3) is 2.21. The summed E-state index contributed by atoms with van der Waals surface area (Å²) in [5, 5.41) is 0. The highest BCUT2D eigenvalue weighted by molar-refractivity contribution is 5.72. The van der Waals surface area contributed by atoms with Crippen LogP contribution in [0.15, 0.2) is 41.2 Å². The quantitative estimate of drug-likeness (QED) is 0.665. The number of fused-ring (bicyclic) bond motifs is 1. The summed E-state index contributed by atoms with van der Waals surface area (Å²) in [5.74, 6) is 0.580. The second-order valence-corrected chi connectivity index (χ2v) is 5.55. The van der Waals surface area contributed by atoms with Gasteiger partial charge in [0.15, 0.2) is 11.2 Å². The highest BCUT2D eigenvalue weighted by atomic mass is 16.3. The highest BCUT2D eigenvalue weighted by Crippen LogP contribution is 2.27. The predicted octanol–water partition coefficient (Wildman–Crippen LogP) is 3.58. The zero-order valence-electron chi connectivity index (χ0n) is 11.2. The van der Waals surface area contributed by atoms with E-state index < -0.39 is 0 Å². The fourth-order valence-electron chi connectivity index (χ4n) is 1.85. The van der Waals surface area contributed by atoms with Crippen molar-refractivity contribution in [3.63, 3.8) is 0 Å². The Morgan fingerprint density at radius 1 is 1.11 bits per heavy atom. The fraction of sp³-hybridized carbons (Fsp3) is 0.267. The van der Waals surface area contributed by atoms with Gasteiger partial charge in [0, 0.05) is 24.2 Å². The van der Waals surface area contributed by atoms with E-state index in [1.807, 2.05) is 24.4 Å². The van der Waals surface area contributed by atoms with Gasteiger partial charge in [-0.1, -0.05) is 20.8 Å². The molecule has 0 saturated heterocycles. The monoisotopic (exact) mass is 253 g/mol. The zero-order chi connectivity index (χ0) is 13.5. The van der Waals surface area contributed by atoms with E-state index in [9.17, 15) is 0 Å². The van der Waals surface area contributed by atoms with Gasteiger partial charge in [-0.2, -0.15) is 4.98 Å². The Hall–Kier alpha value is -2.23. The van der Waals surface area contributed by atoms with Crippen molar-refractivity contribution in [3.05, 3.63) is 42.4 Å². The molecule has 0 bridgehead atoms. The maximum Gasteiger partial charge on any atom is 0.228 e. The first-order valence-electron chi connectivity index (χ1n) is 6.21. The Labute approximate surface area is 111 Å². The number of rotatable bonds is 1. The number of nitrogens with zero attached hydrogens (tertiary/aromatic N) is 3. The number of aromatic nitrogens is 3. The van der Waals surface area contributed by atoms with Crippen LogP contribution in [0.1, 0.15) is 26.3 Å². The molecular formula is C15H15N3O. The van der Waals surface area contributed by atoms with Gasteiger partial charge in [-0.15, -0.1) is 0 Å². The Balaban J connectivity index is 2.12. The highest BCUT2D eigenvalue weighted by Gasteiger charge is 2.17. The van der Waals surface area contributed by atoms with Crippen molar-refractivity contribution in [1.29, 1.82) is 0 Å². The standard InChI is InChI=1S/C15H15N3O/c1-15(2,3)11-8-12-13(17-9-11)18-14(19-12)10-4-6-16-7-5-10/h4-9H,1-3H3. The summed E-state index contributed by atoms with van der Waals surface area (Å²) >= 11 is 0. The number of hydrogen-bond acceptors (Lipinski definition) is 4. The van der Waals surface area contributed by atoms with Gasteiger partial charge < -0.3 is 4.42 Å². The number of oxazole rings is 1. The second kappa shape index (κ2) is 4.16. The second-order valence-electron chi connectivity index (χ2n) is 5.55. The number of hydrogen-bond donors (Lipinski definition) is 0. The molecule has 0 fully saturated rings. The molecule has 3 aromatic heterocycles. The lowest BCUT2D eigenvalue weighted by Crippen LogP contribution is -2.11. The van der Waals surface area contributed by atoms with Gasteiger partial charge in [0.05, 0.1) is 0 Å². The lowest BCUT2D eigenvalue weighted by Gasteiger charge is -2.17. The van der Waals surface area contributed by atoms with E-state index in [2.05, 4.69) is 35.7 Å². The smallest absolute Gasteiger partial charge is 0.228 e. The van der Waals surface area contributed by atoms with Crippen LogP contribution < -0.4 is 0 Å². The molecule has 19 heavy (non-hydrogen) atoms. The molecule has 0 aliphatic carbocycles. The summed E-state index contributed by atoms with van der Waals surface area (Å²) in [4.78, 5) is 12.8. The topological polar surface area (TPSA) is 51.8 Å². The largest absolute Gasteiger partial charge is 0.434 e. The molecule has 96 valence electrons. The number of pyridine rings is 2. The Morgan fingerprint density at radius 2 is 1.84 bits per heavy atom. The van der Waals surface area contributed by atoms with Crippen LogP contribution in [0, 0.1) is 0 Å². The normalized spacial score (nSPS) is 11.9. The van der Waals surface area contributed by atoms with Crippen molar-refractivity contribution in [2.75, 3.05) is 0 Å². The molecule has 0 aliphatic heterocycles. The van der Waals surface area contributed by atoms with Crippen molar-refractivity contribution in [2.45, 2.75) is 26.2 Å². The van der Waals surface area contributed by atoms with E-state index in [4.69, 9.17) is 4.42 Å². The molecule has 0 unspecified atom stereocenters. The molecule has 0 N–H and O–H groups in total. The van der Waals surface area contributed by atoms with Gasteiger partial charge in [-0.05, 0) is 29.2 Å². The van der Waals surface area contributed by atoms with Crippen molar-refractivity contribution >= 4 is 11.2 Å². The van der Waals surface area contributed by atoms with E-state index in [-0.39, 0.29) is 5.41 Å². The minimum Gasteiger partial charge on any atom is -0.434 e. The van der Waals surface area contributed by atoms with E-state index in [0.717, 1.165) is 16.7 Å². The average Bonchev–Trinajstić information content (AvgIpc) is 2.81. The van der Waals surface area contributed by atoms with Gasteiger partial charge in [0.25, 0.3) is 0 Å². The Morgan fingerprint density at radius 3 is 2.53 bits per heavy atom. The maximum absolute atomic E-state index is 5.79. The van der Waals surface area contributed by atoms with Crippen LogP contribution in [0.25, 0.3) is 22.7 Å². The molecule has 4 nitrogen and oxygen atoms in total. The van der Waals surface area contributed by atoms with E-state index in [0.29, 0.717) is 11.5 Å². The Kier molecular flexibility index (Phi) is 2.59. The molecular weight excluding hydrogens is 238 g/mol. The zero-order valence-corrected chi connectivity index (χ0v) is 11.2. The lowest BCUT2D eigenvalue weighted by atomic mass is 9.88. The van der Waals surface area contributed by atoms with Gasteiger partial charge in [-0.3, -0.25) is 4.98 Å². The molecule has 3 rings (SSSR count). The third-order valence-electron chi connectivity index (χ3n) is 3.04. The maximum atomic E-state index is 5.79. The molecule has 0 aromatic carbocycles. The summed E-state index contributed by atoms with van der Waals surface area (Å²) < 4.78 is 5.79. The molecule has 0 aliphatic rings. The molecule has 0 atom stereocenters. The summed E-state index contributed by atoms with van der Waals surface area (Å²) in [6, 6.07) is 5.75. The average molecular weight is 253 g/mol. The summed E-state index contributed by atoms with van der Waals surface area (Å²) in [5.41, 5.74) is 3.45. The van der Waals surface area contributed by atoms with Crippen LogP contribution in [0.4, 0.5) is 0 Å². The summed E-state index contributed by atoms with van der Waals surface area (Å²) in [6.45, 7) is 6.45. The Bertz CT molecular complexity index is 711. The molecule has 0 saturated carbocycles. The van der Waals surface area contributed by atoms with Crippen molar-refractivity contribution in [1.82, 2.24) is 15.0 Å². The van der Waals surface area contributed by atoms with Gasteiger partial charge in [0.1, 0.15) is 0 Å². The first-order chi connectivity index (χ1) is 9.04. The van der Waals surface area contributed by atoms with Crippen molar-refractivity contribution < 1.29 is 4.42 Å². The van der Waals surface area contributed by atoms with Crippen molar-refractivity contribution in [3.8, 4) is 11.5 Å². The molecule has 3 aromatic rings. The van der Waals surface area contributed by atoms with Gasteiger partial charge in [-0.25, -0.2) is 4.98 Å². The van der Waals surface area contributed by atoms with Crippen LogP contribution in [0.2, 0.25) is 0 Å². The van der Waals surface area contributed by atoms with Crippen LogP contribution in [0.5, 0.6) is 0 Å². The molecule has 4 heteroatoms. The molecule has 0 radical (unpaired) electrons. The minimum absolute atomic E-state index is 0.0464. The van der Waals surface area contributed by atoms with Crippen LogP contribution in [-0.4, -0.2) is 15.0 Å². The van der Waals surface area contributed by atoms with E-state index in [1.165, 1.54) is 0 Å². The first-order valence-corrected chi connectivity index (χ1v) is 6.21. The van der Waals surface area contributed by atoms with E-state index in [1.54, 1.807) is 12.4 Å². The van der Waals surface area contributed by atoms with Crippen LogP contribution in [-0.2, 0) is 5.41 Å². The summed E-state index contributed by atoms with van der Waals surface area (Å²) in [7, 11) is 0. The van der Waals surface area contributed by atoms with E-state index >= 15 is 0 Å². The fourth-order valence-corrected chi connectivity index (χ4v) is 1.85. The van der Waals surface area contributed by atoms with Crippen LogP contribution in [0.3, 0.4) is 0 Å². The minimum atomic E-state index is 0.0464. The van der Waals surface area contributed by atoms with Crippen LogP contribution >= 0.6 is 0 Å². The molecule has 3 heterocycles. The lowest BCUT2D eigenvalue weighted by molar-refractivity contribution is 0.581.